The lowest BCUT2D eigenvalue weighted by Crippen LogP contribution is -2.11. The second kappa shape index (κ2) is 4.04. The minimum absolute atomic E-state index is 0.127. The summed E-state index contributed by atoms with van der Waals surface area (Å²) in [6, 6.07) is 0.515. The van der Waals surface area contributed by atoms with E-state index >= 15 is 0 Å². The largest absolute Gasteiger partial charge is 0.417 e. The molecule has 1 aromatic heterocycles. The lowest BCUT2D eigenvalue weighted by molar-refractivity contribution is -0.138. The fraction of sp³-hybridized carbons (Fsp3) is 0.200. The number of rotatable bonds is 0. The van der Waals surface area contributed by atoms with Crippen LogP contribution in [0.4, 0.5) is 17.6 Å². The molecule has 0 aliphatic heterocycles. The standard InChI is InChI=1S/C10H4BrF4NO2/c1-3-16-8-4(9(17)18-3)2-5(10(13,14)15)6(11)7(8)12/h2H,1H3. The lowest BCUT2D eigenvalue weighted by atomic mass is 10.1. The molecule has 0 spiro atoms. The second-order valence-electron chi connectivity index (χ2n) is 3.47. The van der Waals surface area contributed by atoms with Gasteiger partial charge in [-0.15, -0.1) is 0 Å². The Hall–Kier alpha value is -1.44. The molecule has 0 aliphatic carbocycles. The van der Waals surface area contributed by atoms with Gasteiger partial charge in [0.15, 0.2) is 11.7 Å². The normalized spacial score (nSPS) is 12.1. The summed E-state index contributed by atoms with van der Waals surface area (Å²) >= 11 is 2.52. The van der Waals surface area contributed by atoms with Crippen molar-refractivity contribution in [1.29, 1.82) is 0 Å². The molecule has 1 aromatic carbocycles. The minimum Gasteiger partial charge on any atom is -0.408 e. The van der Waals surface area contributed by atoms with Gasteiger partial charge in [0.1, 0.15) is 5.52 Å². The topological polar surface area (TPSA) is 43.1 Å². The third kappa shape index (κ3) is 2.00. The monoisotopic (exact) mass is 325 g/mol. The van der Waals surface area contributed by atoms with Crippen LogP contribution in [0.2, 0.25) is 0 Å². The van der Waals surface area contributed by atoms with Gasteiger partial charge in [-0.25, -0.2) is 14.2 Å². The molecule has 2 rings (SSSR count). The van der Waals surface area contributed by atoms with Crippen LogP contribution in [0.3, 0.4) is 0 Å². The van der Waals surface area contributed by atoms with Crippen LogP contribution in [0.15, 0.2) is 19.8 Å². The van der Waals surface area contributed by atoms with Crippen molar-refractivity contribution >= 4 is 26.8 Å². The summed E-state index contributed by atoms with van der Waals surface area (Å²) in [4.78, 5) is 15.0. The number of fused-ring (bicyclic) bond motifs is 1. The van der Waals surface area contributed by atoms with E-state index < -0.39 is 38.6 Å². The van der Waals surface area contributed by atoms with E-state index in [0.29, 0.717) is 6.07 Å². The van der Waals surface area contributed by atoms with Crippen LogP contribution in [0.1, 0.15) is 11.5 Å². The molecule has 0 aliphatic rings. The Labute approximate surface area is 106 Å². The van der Waals surface area contributed by atoms with Crippen molar-refractivity contribution < 1.29 is 22.0 Å². The SMILES string of the molecule is Cc1nc2c(F)c(Br)c(C(F)(F)F)cc2c(=O)o1. The predicted molar refractivity (Wildman–Crippen MR) is 57.7 cm³/mol. The first-order chi connectivity index (χ1) is 8.21. The third-order valence-corrected chi connectivity index (χ3v) is 2.99. The number of nitrogens with zero attached hydrogens (tertiary/aromatic N) is 1. The molecule has 8 heteroatoms. The van der Waals surface area contributed by atoms with E-state index in [9.17, 15) is 22.4 Å². The molecule has 1 heterocycles. The van der Waals surface area contributed by atoms with Crippen molar-refractivity contribution in [2.75, 3.05) is 0 Å². The maximum atomic E-state index is 13.8. The zero-order valence-corrected chi connectivity index (χ0v) is 10.3. The highest BCUT2D eigenvalue weighted by Crippen LogP contribution is 2.38. The lowest BCUT2D eigenvalue weighted by Gasteiger charge is -2.10. The molecule has 96 valence electrons. The van der Waals surface area contributed by atoms with Crippen LogP contribution >= 0.6 is 15.9 Å². The number of halogens is 5. The van der Waals surface area contributed by atoms with Crippen LogP contribution in [0, 0.1) is 12.7 Å². The first-order valence-corrected chi connectivity index (χ1v) is 5.37. The summed E-state index contributed by atoms with van der Waals surface area (Å²) in [5.74, 6) is -1.37. The molecule has 0 atom stereocenters. The maximum absolute atomic E-state index is 13.8. The summed E-state index contributed by atoms with van der Waals surface area (Å²) in [6.45, 7) is 1.30. The van der Waals surface area contributed by atoms with Gasteiger partial charge in [0.2, 0.25) is 0 Å². The number of hydrogen-bond acceptors (Lipinski definition) is 3. The molecule has 0 saturated heterocycles. The first kappa shape index (κ1) is 13.0. The Kier molecular flexibility index (Phi) is 2.92. The molecule has 0 N–H and O–H groups in total. The van der Waals surface area contributed by atoms with Gasteiger partial charge < -0.3 is 4.42 Å². The quantitative estimate of drug-likeness (QED) is 0.697. The summed E-state index contributed by atoms with van der Waals surface area (Å²) in [6.07, 6.45) is -4.79. The molecular formula is C10H4BrF4NO2. The van der Waals surface area contributed by atoms with Gasteiger partial charge in [0.05, 0.1) is 15.4 Å². The van der Waals surface area contributed by atoms with Gasteiger partial charge in [-0.05, 0) is 22.0 Å². The van der Waals surface area contributed by atoms with E-state index in [1.165, 1.54) is 6.92 Å². The van der Waals surface area contributed by atoms with Crippen LogP contribution in [0.25, 0.3) is 10.9 Å². The highest BCUT2D eigenvalue weighted by Gasteiger charge is 2.35. The molecule has 3 nitrogen and oxygen atoms in total. The summed E-state index contributed by atoms with van der Waals surface area (Å²) < 4.78 is 55.4. The van der Waals surface area contributed by atoms with E-state index in [1.807, 2.05) is 0 Å². The van der Waals surface area contributed by atoms with Crippen molar-refractivity contribution in [2.24, 2.45) is 0 Å². The predicted octanol–water partition coefficient (Wildman–Crippen LogP) is 3.42. The Morgan fingerprint density at radius 2 is 2.00 bits per heavy atom. The highest BCUT2D eigenvalue weighted by molar-refractivity contribution is 9.10. The van der Waals surface area contributed by atoms with E-state index in [4.69, 9.17) is 0 Å². The van der Waals surface area contributed by atoms with E-state index in [2.05, 4.69) is 25.3 Å². The third-order valence-electron chi connectivity index (χ3n) is 2.22. The average molecular weight is 326 g/mol. The number of aryl methyl sites for hydroxylation is 1. The molecule has 18 heavy (non-hydrogen) atoms. The van der Waals surface area contributed by atoms with E-state index in [-0.39, 0.29) is 5.89 Å². The van der Waals surface area contributed by atoms with Crippen LogP contribution in [-0.4, -0.2) is 4.98 Å². The smallest absolute Gasteiger partial charge is 0.408 e. The molecule has 0 saturated carbocycles. The Morgan fingerprint density at radius 3 is 2.56 bits per heavy atom. The molecule has 0 bridgehead atoms. The van der Waals surface area contributed by atoms with Crippen LogP contribution < -0.4 is 5.63 Å². The average Bonchev–Trinajstić information content (AvgIpc) is 2.22. The van der Waals surface area contributed by atoms with Crippen molar-refractivity contribution in [2.45, 2.75) is 13.1 Å². The van der Waals surface area contributed by atoms with Gasteiger partial charge in [0, 0.05) is 6.92 Å². The van der Waals surface area contributed by atoms with Gasteiger partial charge in [-0.1, -0.05) is 0 Å². The van der Waals surface area contributed by atoms with E-state index in [0.717, 1.165) is 0 Å². The molecular weight excluding hydrogens is 322 g/mol. The molecule has 0 amide bonds. The van der Waals surface area contributed by atoms with E-state index in [1.54, 1.807) is 0 Å². The number of benzene rings is 1. The van der Waals surface area contributed by atoms with Crippen molar-refractivity contribution in [3.05, 3.63) is 38.2 Å². The Bertz CT molecular complexity index is 693. The van der Waals surface area contributed by atoms with Crippen LogP contribution in [0.5, 0.6) is 0 Å². The molecule has 2 aromatic rings. The van der Waals surface area contributed by atoms with Gasteiger partial charge in [-0.3, -0.25) is 0 Å². The van der Waals surface area contributed by atoms with Crippen molar-refractivity contribution in [3.63, 3.8) is 0 Å². The van der Waals surface area contributed by atoms with Crippen molar-refractivity contribution in [3.8, 4) is 0 Å². The summed E-state index contributed by atoms with van der Waals surface area (Å²) in [5.41, 5.74) is -2.80. The van der Waals surface area contributed by atoms with Gasteiger partial charge >= 0.3 is 11.8 Å². The number of aromatic nitrogens is 1. The fourth-order valence-corrected chi connectivity index (χ4v) is 1.98. The zero-order chi connectivity index (χ0) is 13.7. The molecule has 0 fully saturated rings. The van der Waals surface area contributed by atoms with Crippen molar-refractivity contribution in [1.82, 2.24) is 4.98 Å². The summed E-state index contributed by atoms with van der Waals surface area (Å²) in [7, 11) is 0. The number of alkyl halides is 3. The molecule has 0 unspecified atom stereocenters. The highest BCUT2D eigenvalue weighted by atomic mass is 79.9. The molecule has 0 radical (unpaired) electrons. The first-order valence-electron chi connectivity index (χ1n) is 4.58. The maximum Gasteiger partial charge on any atom is 0.417 e. The van der Waals surface area contributed by atoms with Gasteiger partial charge in [0.25, 0.3) is 0 Å². The number of hydrogen-bond donors (Lipinski definition) is 0. The fourth-order valence-electron chi connectivity index (χ4n) is 1.46. The van der Waals surface area contributed by atoms with Gasteiger partial charge in [-0.2, -0.15) is 13.2 Å². The Balaban J connectivity index is 2.98. The summed E-state index contributed by atoms with van der Waals surface area (Å²) in [5, 5.41) is -0.548. The minimum atomic E-state index is -4.79. The Morgan fingerprint density at radius 1 is 1.39 bits per heavy atom. The van der Waals surface area contributed by atoms with Crippen LogP contribution in [-0.2, 0) is 6.18 Å². The second-order valence-corrected chi connectivity index (χ2v) is 4.26. The zero-order valence-electron chi connectivity index (χ0n) is 8.73.